The molecular formula is C58H96N8O17SSi. The summed E-state index contributed by atoms with van der Waals surface area (Å²) >= 11 is 1.12. The molecule has 9 N–H and O–H groups in total. The molecule has 1 aromatic carbocycles. The SMILES string of the molecule is CN[C@@H](CSC1CC(=O)N(CCCCCC(=O)NC([SiH3])[C@H](C(=O)CC[C@@H](CCCNC(N)=O)C(=O)Nc2ccc(COC(=O)C(C)C)cc2)C(C)C)C1=O)C(=O)N[C@@H](CCC(=O)O)C(=O)NCCOCCOCCOCCOCCC(=O)C(C)C. The zero-order valence-electron chi connectivity index (χ0n) is 51.1. The van der Waals surface area contributed by atoms with Crippen LogP contribution < -0.4 is 37.6 Å². The third-order valence-corrected chi connectivity index (χ3v) is 16.2. The topological polar surface area (TPSA) is 356 Å². The van der Waals surface area contributed by atoms with Gasteiger partial charge >= 0.3 is 18.0 Å². The Morgan fingerprint density at radius 2 is 1.32 bits per heavy atom. The van der Waals surface area contributed by atoms with E-state index in [9.17, 15) is 57.8 Å². The van der Waals surface area contributed by atoms with Crippen molar-refractivity contribution in [1.29, 1.82) is 0 Å². The van der Waals surface area contributed by atoms with E-state index >= 15 is 0 Å². The average Bonchev–Trinajstić information content (AvgIpc) is 3.74. The fourth-order valence-corrected chi connectivity index (χ4v) is 11.7. The summed E-state index contributed by atoms with van der Waals surface area (Å²) in [5.74, 6) is -5.21. The van der Waals surface area contributed by atoms with Crippen LogP contribution in [0, 0.1) is 29.6 Å². The van der Waals surface area contributed by atoms with Gasteiger partial charge in [0, 0.05) is 96.8 Å². The van der Waals surface area contributed by atoms with Gasteiger partial charge in [-0.1, -0.05) is 60.1 Å². The molecule has 1 saturated heterocycles. The highest BCUT2D eigenvalue weighted by atomic mass is 32.2. The predicted molar refractivity (Wildman–Crippen MR) is 323 cm³/mol. The minimum absolute atomic E-state index is 0.0127. The summed E-state index contributed by atoms with van der Waals surface area (Å²) in [6, 6.07) is 4.16. The summed E-state index contributed by atoms with van der Waals surface area (Å²) in [5.41, 5.74) is 6.13. The number of urea groups is 1. The average molecular weight is 1240 g/mol. The van der Waals surface area contributed by atoms with Gasteiger partial charge in [0.05, 0.1) is 70.1 Å². The van der Waals surface area contributed by atoms with E-state index in [1.807, 2.05) is 27.7 Å². The number of ketones is 2. The summed E-state index contributed by atoms with van der Waals surface area (Å²) in [7, 11) is 2.01. The number of nitrogens with zero attached hydrogens (tertiary/aromatic N) is 1. The summed E-state index contributed by atoms with van der Waals surface area (Å²) < 4.78 is 27.1. The molecule has 85 heavy (non-hydrogen) atoms. The van der Waals surface area contributed by atoms with E-state index in [2.05, 4.69) is 31.9 Å². The fraction of sp³-hybridized carbons (Fsp3) is 0.707. The molecule has 0 aromatic heterocycles. The predicted octanol–water partition coefficient (Wildman–Crippen LogP) is 1.97. The Balaban J connectivity index is 1.78. The second kappa shape index (κ2) is 42.9. The van der Waals surface area contributed by atoms with Gasteiger partial charge in [-0.15, -0.1) is 11.8 Å². The van der Waals surface area contributed by atoms with Crippen LogP contribution in [0.4, 0.5) is 10.5 Å². The maximum Gasteiger partial charge on any atom is 0.312 e. The molecule has 480 valence electrons. The summed E-state index contributed by atoms with van der Waals surface area (Å²) in [5, 5.41) is 25.2. The minimum Gasteiger partial charge on any atom is -0.481 e. The van der Waals surface area contributed by atoms with Crippen LogP contribution in [0.5, 0.6) is 0 Å². The lowest BCUT2D eigenvalue weighted by molar-refractivity contribution is -0.148. The number of nitrogens with one attached hydrogen (secondary N) is 6. The molecule has 1 heterocycles. The van der Waals surface area contributed by atoms with Crippen LogP contribution in [0.3, 0.4) is 0 Å². The van der Waals surface area contributed by atoms with E-state index in [1.165, 1.54) is 11.9 Å². The molecule has 0 aliphatic carbocycles. The second-order valence-electron chi connectivity index (χ2n) is 21.9. The number of rotatable bonds is 48. The first-order chi connectivity index (χ1) is 40.4. The Kier molecular flexibility index (Phi) is 38.0. The number of likely N-dealkylation sites (N-methyl/N-ethyl adjacent to an activating group) is 1. The van der Waals surface area contributed by atoms with Gasteiger partial charge in [-0.05, 0) is 69.2 Å². The maximum absolute atomic E-state index is 13.8. The van der Waals surface area contributed by atoms with Crippen LogP contribution in [0.2, 0.25) is 0 Å². The van der Waals surface area contributed by atoms with Crippen molar-refractivity contribution >= 4 is 92.7 Å². The molecule has 27 heteroatoms. The number of primary amides is 1. The van der Waals surface area contributed by atoms with Gasteiger partial charge < -0.3 is 66.4 Å². The van der Waals surface area contributed by atoms with Crippen molar-refractivity contribution in [1.82, 2.24) is 31.5 Å². The zero-order valence-corrected chi connectivity index (χ0v) is 53.9. The Bertz CT molecular complexity index is 2280. The number of esters is 1. The van der Waals surface area contributed by atoms with Gasteiger partial charge in [-0.3, -0.25) is 52.8 Å². The number of carbonyl (C=O) groups is 11. The summed E-state index contributed by atoms with van der Waals surface area (Å²) in [6.45, 7) is 14.1. The number of carboxylic acids is 1. The lowest BCUT2D eigenvalue weighted by Crippen LogP contribution is -2.53. The highest BCUT2D eigenvalue weighted by Crippen LogP contribution is 2.27. The van der Waals surface area contributed by atoms with Gasteiger partial charge in [0.15, 0.2) is 0 Å². The molecule has 6 atom stereocenters. The molecule has 0 bridgehead atoms. The highest BCUT2D eigenvalue weighted by Gasteiger charge is 2.39. The molecule has 0 radical (unpaired) electrons. The molecule has 0 spiro atoms. The summed E-state index contributed by atoms with van der Waals surface area (Å²) in [6.07, 6.45) is 2.53. The number of unbranched alkanes of at least 4 members (excludes halogenated alkanes) is 2. The number of carbonyl (C=O) groups excluding carboxylic acids is 10. The molecular weight excluding hydrogens is 1140 g/mol. The monoisotopic (exact) mass is 1240 g/mol. The Morgan fingerprint density at radius 3 is 1.91 bits per heavy atom. The van der Waals surface area contributed by atoms with Crippen molar-refractivity contribution in [2.75, 3.05) is 90.6 Å². The number of hydrogen-bond donors (Lipinski definition) is 8. The molecule has 2 rings (SSSR count). The summed E-state index contributed by atoms with van der Waals surface area (Å²) in [4.78, 5) is 141. The largest absolute Gasteiger partial charge is 0.481 e. The number of thioether (sulfide) groups is 1. The van der Waals surface area contributed by atoms with Gasteiger partial charge in [-0.25, -0.2) is 4.79 Å². The number of Topliss-reactive ketones (excluding diaryl/α,β-unsaturated/α-hetero) is 2. The Morgan fingerprint density at radius 1 is 0.682 bits per heavy atom. The Labute approximate surface area is 507 Å². The van der Waals surface area contributed by atoms with Gasteiger partial charge in [0.2, 0.25) is 35.4 Å². The van der Waals surface area contributed by atoms with Crippen molar-refractivity contribution < 1.29 is 81.5 Å². The van der Waals surface area contributed by atoms with E-state index < -0.39 is 53.0 Å². The van der Waals surface area contributed by atoms with Gasteiger partial charge in [0.1, 0.15) is 24.2 Å². The highest BCUT2D eigenvalue weighted by molar-refractivity contribution is 8.00. The van der Waals surface area contributed by atoms with Gasteiger partial charge in [0.25, 0.3) is 0 Å². The number of carboxylic acid groups (broad SMARTS) is 1. The molecule has 1 aromatic rings. The van der Waals surface area contributed by atoms with E-state index in [0.717, 1.165) is 17.3 Å². The van der Waals surface area contributed by atoms with Crippen LogP contribution in [-0.2, 0) is 78.2 Å². The third-order valence-electron chi connectivity index (χ3n) is 13.9. The lowest BCUT2D eigenvalue weighted by atomic mass is 9.86. The molecule has 8 amide bonds. The van der Waals surface area contributed by atoms with Crippen molar-refractivity contribution in [3.8, 4) is 0 Å². The van der Waals surface area contributed by atoms with Crippen LogP contribution >= 0.6 is 11.8 Å². The number of amides is 8. The standard InChI is InChI=1S/C58H96N8O17SSi/c1-37(2)45(67)22-26-79-28-30-81-32-33-82-31-29-80-27-24-61-53(74)43(19-21-50(71)72)64-54(75)44(60-7)36-84-47-34-49(70)66(56(47)76)25-10-8-9-13-48(69)65-55(85)51(38(3)4)46(68)20-16-41(12-11-23-62-58(59)78)52(73)63-42-17-14-40(15-18-42)35-83-57(77)39(5)6/h14-15,17-18,37-39,41,43-44,47,51,55,60H,8-13,16,19-36H2,1-7,85H3,(H,61,74)(H,63,73)(H,64,75)(H,65,69)(H,71,72)(H3,59,62,78)/t41-,43+,44+,47?,51+,55?/m1/s1. The zero-order chi connectivity index (χ0) is 63.3. The molecule has 1 aliphatic rings. The van der Waals surface area contributed by atoms with E-state index in [0.29, 0.717) is 87.5 Å². The number of aliphatic carboxylic acids is 1. The van der Waals surface area contributed by atoms with E-state index in [1.54, 1.807) is 38.1 Å². The number of anilines is 1. The number of nitrogens with two attached hydrogens (primary N) is 1. The quantitative estimate of drug-likeness (QED) is 0.0200. The molecule has 2 unspecified atom stereocenters. The normalized spacial score (nSPS) is 15.1. The van der Waals surface area contributed by atoms with Crippen LogP contribution in [0.15, 0.2) is 24.3 Å². The first kappa shape index (κ1) is 75.3. The van der Waals surface area contributed by atoms with Crippen molar-refractivity contribution in [2.45, 2.75) is 148 Å². The van der Waals surface area contributed by atoms with Crippen LogP contribution in [0.1, 0.15) is 124 Å². The second-order valence-corrected chi connectivity index (χ2v) is 24.4. The smallest absolute Gasteiger partial charge is 0.312 e. The third kappa shape index (κ3) is 31.9. The van der Waals surface area contributed by atoms with Crippen LogP contribution in [0.25, 0.3) is 0 Å². The number of benzene rings is 1. The number of ether oxygens (including phenoxy) is 5. The van der Waals surface area contributed by atoms with Crippen LogP contribution in [-0.4, -0.2) is 194 Å². The van der Waals surface area contributed by atoms with E-state index in [-0.39, 0.29) is 155 Å². The van der Waals surface area contributed by atoms with Crippen molar-refractivity contribution in [2.24, 2.45) is 35.3 Å². The number of likely N-dealkylation sites (tertiary alicyclic amines) is 1. The molecule has 25 nitrogen and oxygen atoms in total. The van der Waals surface area contributed by atoms with Gasteiger partial charge in [-0.2, -0.15) is 0 Å². The molecule has 1 aliphatic heterocycles. The molecule has 1 fully saturated rings. The first-order valence-corrected chi connectivity index (χ1v) is 31.8. The van der Waals surface area contributed by atoms with E-state index in [4.69, 9.17) is 29.4 Å². The number of hydrogen-bond acceptors (Lipinski definition) is 18. The lowest BCUT2D eigenvalue weighted by Gasteiger charge is -2.28. The maximum atomic E-state index is 13.8. The first-order valence-electron chi connectivity index (χ1n) is 29.6. The number of imide groups is 1. The van der Waals surface area contributed by atoms with Crippen molar-refractivity contribution in [3.63, 3.8) is 0 Å². The molecule has 0 saturated carbocycles. The Hall–Kier alpha value is -5.84. The minimum atomic E-state index is -1.17. The fourth-order valence-electron chi connectivity index (χ4n) is 9.00. The van der Waals surface area contributed by atoms with Crippen molar-refractivity contribution in [3.05, 3.63) is 29.8 Å².